The zero-order valence-corrected chi connectivity index (χ0v) is 12.0. The maximum Gasteiger partial charge on any atom is 0.191 e. The summed E-state index contributed by atoms with van der Waals surface area (Å²) in [5.41, 5.74) is 4.97. The molecule has 0 aliphatic heterocycles. The molecule has 0 aliphatic rings. The molecule has 108 valence electrons. The molecule has 21 heavy (non-hydrogen) atoms. The Morgan fingerprint density at radius 2 is 1.90 bits per heavy atom. The quantitative estimate of drug-likeness (QED) is 0.517. The second-order valence-corrected chi connectivity index (χ2v) is 4.72. The van der Waals surface area contributed by atoms with Crippen LogP contribution < -0.4 is 10.7 Å². The summed E-state index contributed by atoms with van der Waals surface area (Å²) >= 11 is 5.09. The van der Waals surface area contributed by atoms with E-state index >= 15 is 0 Å². The van der Waals surface area contributed by atoms with Crippen LogP contribution in [0.1, 0.15) is 11.1 Å². The molecule has 2 aromatic rings. The second kappa shape index (κ2) is 6.90. The first-order valence-corrected chi connectivity index (χ1v) is 6.58. The van der Waals surface area contributed by atoms with Crippen LogP contribution in [0.2, 0.25) is 0 Å². The molecule has 0 saturated heterocycles. The predicted octanol–water partition coefficient (Wildman–Crippen LogP) is 3.59. The van der Waals surface area contributed by atoms with Crippen LogP contribution in [-0.2, 0) is 0 Å². The molecule has 0 atom stereocenters. The molecule has 0 fully saturated rings. The molecule has 6 heteroatoms. The van der Waals surface area contributed by atoms with Gasteiger partial charge in [0.25, 0.3) is 0 Å². The van der Waals surface area contributed by atoms with Gasteiger partial charge in [-0.1, -0.05) is 24.3 Å². The number of nitrogens with zero attached hydrogens (tertiary/aromatic N) is 1. The molecule has 0 bridgehead atoms. The van der Waals surface area contributed by atoms with Crippen LogP contribution in [0.4, 0.5) is 14.5 Å². The van der Waals surface area contributed by atoms with Crippen LogP contribution in [0.15, 0.2) is 47.6 Å². The molecular formula is C15H13F2N3S. The van der Waals surface area contributed by atoms with Gasteiger partial charge < -0.3 is 5.32 Å². The highest BCUT2D eigenvalue weighted by molar-refractivity contribution is 7.80. The first-order chi connectivity index (χ1) is 10.1. The molecule has 2 rings (SSSR count). The lowest BCUT2D eigenvalue weighted by molar-refractivity contribution is 0.508. The Bertz CT molecular complexity index is 686. The molecule has 0 aromatic heterocycles. The SMILES string of the molecule is Cc1ccccc1NC(=S)N/N=C/c1ccc(F)c(F)c1. The van der Waals surface area contributed by atoms with E-state index in [1.165, 1.54) is 12.3 Å². The molecule has 2 N–H and O–H groups in total. The van der Waals surface area contributed by atoms with E-state index in [2.05, 4.69) is 15.8 Å². The second-order valence-electron chi connectivity index (χ2n) is 4.31. The van der Waals surface area contributed by atoms with Gasteiger partial charge in [0.2, 0.25) is 0 Å². The molecule has 0 heterocycles. The van der Waals surface area contributed by atoms with Gasteiger partial charge >= 0.3 is 0 Å². The molecule has 0 aliphatic carbocycles. The van der Waals surface area contributed by atoms with Gasteiger partial charge in [0.05, 0.1) is 6.21 Å². The van der Waals surface area contributed by atoms with Crippen molar-refractivity contribution in [2.75, 3.05) is 5.32 Å². The summed E-state index contributed by atoms with van der Waals surface area (Å²) in [7, 11) is 0. The van der Waals surface area contributed by atoms with Crippen molar-refractivity contribution in [3.8, 4) is 0 Å². The number of halogens is 2. The van der Waals surface area contributed by atoms with E-state index in [-0.39, 0.29) is 0 Å². The number of benzene rings is 2. The monoisotopic (exact) mass is 305 g/mol. The summed E-state index contributed by atoms with van der Waals surface area (Å²) in [6, 6.07) is 11.2. The van der Waals surface area contributed by atoms with Gasteiger partial charge in [-0.2, -0.15) is 5.10 Å². The Balaban J connectivity index is 1.93. The normalized spacial score (nSPS) is 10.6. The molecule has 3 nitrogen and oxygen atoms in total. The van der Waals surface area contributed by atoms with Gasteiger partial charge in [0, 0.05) is 5.69 Å². The van der Waals surface area contributed by atoms with Crippen LogP contribution in [0.3, 0.4) is 0 Å². The number of nitrogens with one attached hydrogen (secondary N) is 2. The lowest BCUT2D eigenvalue weighted by Gasteiger charge is -2.09. The molecular weight excluding hydrogens is 292 g/mol. The van der Waals surface area contributed by atoms with E-state index < -0.39 is 11.6 Å². The summed E-state index contributed by atoms with van der Waals surface area (Å²) < 4.78 is 25.8. The highest BCUT2D eigenvalue weighted by Gasteiger charge is 2.01. The Hall–Kier alpha value is -2.34. The van der Waals surface area contributed by atoms with Crippen molar-refractivity contribution in [3.63, 3.8) is 0 Å². The van der Waals surface area contributed by atoms with Crippen molar-refractivity contribution in [2.24, 2.45) is 5.10 Å². The minimum atomic E-state index is -0.917. The lowest BCUT2D eigenvalue weighted by Crippen LogP contribution is -2.24. The average Bonchev–Trinajstić information content (AvgIpc) is 2.45. The van der Waals surface area contributed by atoms with Crippen molar-refractivity contribution >= 4 is 29.2 Å². The first-order valence-electron chi connectivity index (χ1n) is 6.17. The third kappa shape index (κ3) is 4.32. The van der Waals surface area contributed by atoms with E-state index in [0.717, 1.165) is 23.4 Å². The number of thiocarbonyl (C=S) groups is 1. The van der Waals surface area contributed by atoms with E-state index in [4.69, 9.17) is 12.2 Å². The van der Waals surface area contributed by atoms with E-state index in [1.807, 2.05) is 31.2 Å². The van der Waals surface area contributed by atoms with Gasteiger partial charge in [-0.15, -0.1) is 0 Å². The number of aryl methyl sites for hydroxylation is 1. The fourth-order valence-electron chi connectivity index (χ4n) is 1.62. The van der Waals surface area contributed by atoms with Crippen LogP contribution in [0, 0.1) is 18.6 Å². The van der Waals surface area contributed by atoms with Crippen molar-refractivity contribution in [2.45, 2.75) is 6.92 Å². The molecule has 0 amide bonds. The predicted molar refractivity (Wildman–Crippen MR) is 84.5 cm³/mol. The number of hydrogen-bond donors (Lipinski definition) is 2. The average molecular weight is 305 g/mol. The van der Waals surface area contributed by atoms with Crippen LogP contribution >= 0.6 is 12.2 Å². The highest BCUT2D eigenvalue weighted by Crippen LogP contribution is 2.12. The third-order valence-electron chi connectivity index (χ3n) is 2.72. The number of para-hydroxylation sites is 1. The molecule has 2 aromatic carbocycles. The Labute approximate surface area is 126 Å². The van der Waals surface area contributed by atoms with Crippen LogP contribution in [-0.4, -0.2) is 11.3 Å². The third-order valence-corrected chi connectivity index (χ3v) is 2.91. The van der Waals surface area contributed by atoms with Crippen molar-refractivity contribution in [1.82, 2.24) is 5.43 Å². The zero-order chi connectivity index (χ0) is 15.2. The van der Waals surface area contributed by atoms with Crippen molar-refractivity contribution in [1.29, 1.82) is 0 Å². The summed E-state index contributed by atoms with van der Waals surface area (Å²) in [4.78, 5) is 0. The fraction of sp³-hybridized carbons (Fsp3) is 0.0667. The van der Waals surface area contributed by atoms with Crippen LogP contribution in [0.5, 0.6) is 0 Å². The maximum atomic E-state index is 13.0. The van der Waals surface area contributed by atoms with Gasteiger partial charge in [0.1, 0.15) is 0 Å². The highest BCUT2D eigenvalue weighted by atomic mass is 32.1. The number of rotatable bonds is 3. The smallest absolute Gasteiger partial charge is 0.191 e. The molecule has 0 saturated carbocycles. The van der Waals surface area contributed by atoms with E-state index in [0.29, 0.717) is 10.7 Å². The molecule has 0 spiro atoms. The number of hydrazone groups is 1. The lowest BCUT2D eigenvalue weighted by atomic mass is 10.2. The Morgan fingerprint density at radius 3 is 2.62 bits per heavy atom. The summed E-state index contributed by atoms with van der Waals surface area (Å²) in [5, 5.41) is 7.17. The summed E-state index contributed by atoms with van der Waals surface area (Å²) in [5.74, 6) is -1.81. The van der Waals surface area contributed by atoms with E-state index in [1.54, 1.807) is 0 Å². The van der Waals surface area contributed by atoms with Crippen molar-refractivity contribution in [3.05, 3.63) is 65.2 Å². The standard InChI is InChI=1S/C15H13F2N3S/c1-10-4-2-3-5-14(10)19-15(21)20-18-9-11-6-7-12(16)13(17)8-11/h2-9H,1H3,(H2,19,20,21)/b18-9+. The fourth-order valence-corrected chi connectivity index (χ4v) is 1.78. The molecule has 0 unspecified atom stereocenters. The minimum Gasteiger partial charge on any atom is -0.331 e. The number of hydrogen-bond acceptors (Lipinski definition) is 2. The summed E-state index contributed by atoms with van der Waals surface area (Å²) in [6.07, 6.45) is 1.36. The minimum absolute atomic E-state index is 0.308. The van der Waals surface area contributed by atoms with Gasteiger partial charge in [-0.05, 0) is 48.5 Å². The van der Waals surface area contributed by atoms with E-state index in [9.17, 15) is 8.78 Å². The largest absolute Gasteiger partial charge is 0.331 e. The van der Waals surface area contributed by atoms with Gasteiger partial charge in [0.15, 0.2) is 16.7 Å². The topological polar surface area (TPSA) is 36.4 Å². The Morgan fingerprint density at radius 1 is 1.14 bits per heavy atom. The first kappa shape index (κ1) is 15.1. The zero-order valence-electron chi connectivity index (χ0n) is 11.2. The van der Waals surface area contributed by atoms with Gasteiger partial charge in [-0.3, -0.25) is 5.43 Å². The van der Waals surface area contributed by atoms with Crippen molar-refractivity contribution < 1.29 is 8.78 Å². The van der Waals surface area contributed by atoms with Gasteiger partial charge in [-0.25, -0.2) is 8.78 Å². The number of anilines is 1. The molecule has 0 radical (unpaired) electrons. The van der Waals surface area contributed by atoms with Crippen LogP contribution in [0.25, 0.3) is 0 Å². The Kier molecular flexibility index (Phi) is 4.94. The maximum absolute atomic E-state index is 13.0. The summed E-state index contributed by atoms with van der Waals surface area (Å²) in [6.45, 7) is 1.95.